The molecule has 0 radical (unpaired) electrons. The van der Waals surface area contributed by atoms with Gasteiger partial charge in [0.15, 0.2) is 17.5 Å². The standard InChI is InChI=1S/C46H29N3S.C40H23N3OS.C40H23N3S2/c1-3-13-30(14-4-1)31-15-11-16-32(27-31)39-29-40(48-46(47-39)33-25-26-36-35-19-8-10-24-43(35)50-44(36)28-33)37-21-12-23-42-45(37)38-20-7-9-22-41(38)49(42)34-17-5-2-6-18-34;1-2-11-24(12-3-1)30-23-36(42-40(41-30)29-16-10-20-35-37(29)28-15-6-9-19-34(28)45-35)43-31-17-7-4-14-27(31)38-32(43)22-21-26-25-13-5-8-18-33(25)44-39(26)38;1-2-10-24(11-3-1)31-23-37(42-40(41-31)25-18-19-28-26-12-5-8-16-34(26)44-36(28)22-25)43-32-15-7-4-14-30(32)38-33(43)21-20-29-27-13-6-9-17-35(27)45-39(29)38/h1-29H;2*1-23H. The van der Waals surface area contributed by atoms with Gasteiger partial charge in [0.2, 0.25) is 0 Å². The third kappa shape index (κ3) is 13.5. The van der Waals surface area contributed by atoms with Gasteiger partial charge in [-0.15, -0.1) is 45.3 Å². The second-order valence-corrected chi connectivity index (χ2v) is 39.7. The van der Waals surface area contributed by atoms with E-state index in [1.165, 1.54) is 113 Å². The molecule has 0 saturated carbocycles. The van der Waals surface area contributed by atoms with Crippen molar-refractivity contribution in [2.75, 3.05) is 0 Å². The number of rotatable bonds is 11. The third-order valence-corrected chi connectivity index (χ3v) is 31.9. The Hall–Kier alpha value is -17.5. The van der Waals surface area contributed by atoms with E-state index in [0.717, 1.165) is 151 Å². The Morgan fingerprint density at radius 1 is 0.186 bits per heavy atom. The van der Waals surface area contributed by atoms with Gasteiger partial charge >= 0.3 is 0 Å². The SMILES string of the molecule is c1ccc(-c2cc(-n3c4ccccc4c4c5oc6ccccc6c5ccc43)nc(-c3cccc4sc5ccccc5c34)n2)cc1.c1ccc(-c2cc(-n3c4ccccc4c4c5sc6ccccc6c5ccc43)nc(-c3ccc4c(c3)sc3ccccc34)n2)cc1.c1ccc(-c2cccc(-c3cc(-c4cccc5c4c4ccccc4n5-c4ccccc4)nc(-c4ccc5c(c4)sc4ccccc45)n3)c2)cc1. The Balaban J connectivity index is 0.000000103. The highest BCUT2D eigenvalue weighted by Crippen LogP contribution is 2.49. The molecule has 30 aromatic rings. The molecule has 11 aromatic heterocycles. The van der Waals surface area contributed by atoms with Crippen LogP contribution in [0.2, 0.25) is 0 Å². The molecule has 0 saturated heterocycles. The zero-order valence-corrected chi connectivity index (χ0v) is 78.1. The van der Waals surface area contributed by atoms with E-state index in [1.807, 2.05) is 69.6 Å². The minimum absolute atomic E-state index is 0.705. The molecule has 0 spiro atoms. The number of para-hydroxylation sites is 5. The predicted octanol–water partition coefficient (Wildman–Crippen LogP) is 35.4. The maximum Gasteiger partial charge on any atom is 0.162 e. The summed E-state index contributed by atoms with van der Waals surface area (Å²) in [6, 6.07) is 161. The van der Waals surface area contributed by atoms with Gasteiger partial charge in [0.05, 0.1) is 61.3 Å². The molecule has 654 valence electrons. The summed E-state index contributed by atoms with van der Waals surface area (Å²) in [5, 5.41) is 19.5. The van der Waals surface area contributed by atoms with Gasteiger partial charge in [0, 0.05) is 175 Å². The van der Waals surface area contributed by atoms with Gasteiger partial charge in [0.25, 0.3) is 0 Å². The Labute approximate surface area is 817 Å². The van der Waals surface area contributed by atoms with Crippen LogP contribution in [0.5, 0.6) is 0 Å². The van der Waals surface area contributed by atoms with Crippen molar-refractivity contribution in [2.45, 2.75) is 0 Å². The molecular weight excluding hydrogens is 1780 g/mol. The topological polar surface area (TPSA) is 105 Å². The van der Waals surface area contributed by atoms with Crippen molar-refractivity contribution < 1.29 is 4.42 Å². The molecule has 0 amide bonds. The first-order valence-electron chi connectivity index (χ1n) is 46.8. The van der Waals surface area contributed by atoms with E-state index in [9.17, 15) is 0 Å². The fourth-order valence-electron chi connectivity index (χ4n) is 21.0. The molecule has 0 atom stereocenters. The lowest BCUT2D eigenvalue weighted by atomic mass is 9.99. The zero-order chi connectivity index (χ0) is 92.0. The largest absolute Gasteiger partial charge is 0.455 e. The molecule has 19 aromatic carbocycles. The maximum absolute atomic E-state index is 6.54. The van der Waals surface area contributed by atoms with E-state index in [0.29, 0.717) is 11.6 Å². The van der Waals surface area contributed by atoms with Crippen molar-refractivity contribution in [3.05, 3.63) is 455 Å². The van der Waals surface area contributed by atoms with Gasteiger partial charge in [-0.05, 0) is 126 Å². The maximum atomic E-state index is 6.54. The normalized spacial score (nSPS) is 11.9. The highest BCUT2D eigenvalue weighted by Gasteiger charge is 2.27. The second-order valence-electron chi connectivity index (χ2n) is 35.4. The van der Waals surface area contributed by atoms with Crippen molar-refractivity contribution in [3.8, 4) is 108 Å². The molecule has 30 rings (SSSR count). The second kappa shape index (κ2) is 33.2. The van der Waals surface area contributed by atoms with Gasteiger partial charge in [-0.2, -0.15) is 0 Å². The zero-order valence-electron chi connectivity index (χ0n) is 74.9. The molecule has 0 fully saturated rings. The average molecular weight is 1860 g/mol. The molecule has 0 aliphatic rings. The molecule has 140 heavy (non-hydrogen) atoms. The van der Waals surface area contributed by atoms with Crippen molar-refractivity contribution in [1.82, 2.24) is 43.6 Å². The van der Waals surface area contributed by atoms with Crippen LogP contribution in [0.25, 0.3) is 276 Å². The lowest BCUT2D eigenvalue weighted by Crippen LogP contribution is -2.02. The monoisotopic (exact) mass is 1860 g/mol. The van der Waals surface area contributed by atoms with Crippen LogP contribution in [0.15, 0.2) is 459 Å². The number of hydrogen-bond donors (Lipinski definition) is 0. The van der Waals surface area contributed by atoms with E-state index in [2.05, 4.69) is 444 Å². The van der Waals surface area contributed by atoms with Gasteiger partial charge in [-0.3, -0.25) is 9.13 Å². The smallest absolute Gasteiger partial charge is 0.162 e. The first-order chi connectivity index (χ1) is 69.4. The summed E-state index contributed by atoms with van der Waals surface area (Å²) in [5.41, 5.74) is 22.9. The Morgan fingerprint density at radius 2 is 0.579 bits per heavy atom. The van der Waals surface area contributed by atoms with E-state index < -0.39 is 0 Å². The summed E-state index contributed by atoms with van der Waals surface area (Å²) < 4.78 is 23.7. The van der Waals surface area contributed by atoms with Gasteiger partial charge in [0.1, 0.15) is 22.8 Å². The molecule has 0 N–H and O–H groups in total. The van der Waals surface area contributed by atoms with Crippen molar-refractivity contribution in [2.24, 2.45) is 0 Å². The van der Waals surface area contributed by atoms with Crippen LogP contribution in [-0.4, -0.2) is 43.6 Å². The first kappa shape index (κ1) is 80.9. The Morgan fingerprint density at radius 3 is 1.21 bits per heavy atom. The number of fused-ring (bicyclic) bond motifs is 26. The van der Waals surface area contributed by atoms with E-state index in [1.54, 1.807) is 0 Å². The number of thiophene rings is 4. The number of hydrogen-bond acceptors (Lipinski definition) is 11. The van der Waals surface area contributed by atoms with Gasteiger partial charge in [-0.25, -0.2) is 29.9 Å². The van der Waals surface area contributed by atoms with Crippen LogP contribution in [-0.2, 0) is 0 Å². The summed E-state index contributed by atoms with van der Waals surface area (Å²) >= 11 is 7.32. The number of furan rings is 1. The number of nitrogens with zero attached hydrogens (tertiary/aromatic N) is 9. The molecule has 14 heteroatoms. The summed E-state index contributed by atoms with van der Waals surface area (Å²) in [4.78, 5) is 31.7. The average Bonchev–Trinajstić information content (AvgIpc) is 1.55. The van der Waals surface area contributed by atoms with E-state index >= 15 is 0 Å². The summed E-state index contributed by atoms with van der Waals surface area (Å²) in [5.74, 6) is 3.82. The van der Waals surface area contributed by atoms with Crippen LogP contribution in [0.3, 0.4) is 0 Å². The molecular formula is C126H75N9OS4. The molecule has 0 unspecified atom stereocenters. The van der Waals surface area contributed by atoms with Crippen LogP contribution in [0.1, 0.15) is 0 Å². The first-order valence-corrected chi connectivity index (χ1v) is 50.1. The predicted molar refractivity (Wildman–Crippen MR) is 591 cm³/mol. The molecule has 0 aliphatic carbocycles. The van der Waals surface area contributed by atoms with Crippen LogP contribution >= 0.6 is 45.3 Å². The number of benzene rings is 19. The van der Waals surface area contributed by atoms with Crippen molar-refractivity contribution >= 4 is 213 Å². The van der Waals surface area contributed by atoms with Gasteiger partial charge < -0.3 is 8.98 Å². The molecule has 10 nitrogen and oxygen atoms in total. The number of aromatic nitrogens is 9. The van der Waals surface area contributed by atoms with Crippen LogP contribution < -0.4 is 0 Å². The third-order valence-electron chi connectivity index (χ3n) is 27.3. The van der Waals surface area contributed by atoms with Gasteiger partial charge in [-0.1, -0.05) is 328 Å². The molecule has 0 bridgehead atoms. The van der Waals surface area contributed by atoms with E-state index in [4.69, 9.17) is 34.3 Å². The Bertz CT molecular complexity index is 10300. The lowest BCUT2D eigenvalue weighted by molar-refractivity contribution is 0.673. The van der Waals surface area contributed by atoms with Crippen molar-refractivity contribution in [3.63, 3.8) is 0 Å². The van der Waals surface area contributed by atoms with Crippen LogP contribution in [0.4, 0.5) is 0 Å². The fourth-order valence-corrected chi connectivity index (χ4v) is 25.6. The quantitative estimate of drug-likeness (QED) is 0.127. The molecule has 11 heterocycles. The highest BCUT2D eigenvalue weighted by atomic mass is 32.1. The minimum Gasteiger partial charge on any atom is -0.455 e. The Kier molecular flexibility index (Phi) is 19.2. The summed E-state index contributed by atoms with van der Waals surface area (Å²) in [6.45, 7) is 0. The summed E-state index contributed by atoms with van der Waals surface area (Å²) in [7, 11) is 0. The molecule has 0 aliphatic heterocycles. The van der Waals surface area contributed by atoms with Crippen molar-refractivity contribution in [1.29, 1.82) is 0 Å². The lowest BCUT2D eigenvalue weighted by Gasteiger charge is -2.12. The highest BCUT2D eigenvalue weighted by molar-refractivity contribution is 7.27. The summed E-state index contributed by atoms with van der Waals surface area (Å²) in [6.07, 6.45) is 0. The minimum atomic E-state index is 0.705. The van der Waals surface area contributed by atoms with E-state index in [-0.39, 0.29) is 0 Å². The van der Waals surface area contributed by atoms with Crippen LogP contribution in [0, 0.1) is 0 Å². The fraction of sp³-hybridized carbons (Fsp3) is 0.